The molecule has 0 spiro atoms. The zero-order chi connectivity index (χ0) is 16.7. The largest absolute Gasteiger partial charge is 0.330 e. The van der Waals surface area contributed by atoms with Crippen LogP contribution in [0.15, 0.2) is 42.1 Å². The van der Waals surface area contributed by atoms with Gasteiger partial charge in [-0.2, -0.15) is 0 Å². The van der Waals surface area contributed by atoms with Crippen molar-refractivity contribution in [2.45, 2.75) is 12.8 Å². The fourth-order valence-corrected chi connectivity index (χ4v) is 3.09. The SMILES string of the molecule is NCCCC1=Cc2cnc3nc4ccccc4cc3c2C(=O)C1=O. The number of aromatic nitrogens is 2. The molecule has 24 heavy (non-hydrogen) atoms. The van der Waals surface area contributed by atoms with Gasteiger partial charge in [0.2, 0.25) is 11.6 Å². The lowest BCUT2D eigenvalue weighted by Crippen LogP contribution is -2.22. The van der Waals surface area contributed by atoms with E-state index in [-0.39, 0.29) is 0 Å². The first-order valence-corrected chi connectivity index (χ1v) is 7.87. The average molecular weight is 317 g/mol. The molecule has 1 aliphatic rings. The predicted octanol–water partition coefficient (Wildman–Crippen LogP) is 2.67. The van der Waals surface area contributed by atoms with Crippen molar-refractivity contribution in [1.29, 1.82) is 0 Å². The Morgan fingerprint density at radius 1 is 1.08 bits per heavy atom. The van der Waals surface area contributed by atoms with Crippen LogP contribution in [0.5, 0.6) is 0 Å². The van der Waals surface area contributed by atoms with Crippen molar-refractivity contribution in [1.82, 2.24) is 9.97 Å². The number of pyridine rings is 2. The Hall–Kier alpha value is -2.92. The number of para-hydroxylation sites is 1. The average Bonchev–Trinajstić information content (AvgIpc) is 2.61. The van der Waals surface area contributed by atoms with E-state index in [1.165, 1.54) is 0 Å². The summed E-state index contributed by atoms with van der Waals surface area (Å²) in [4.78, 5) is 33.9. The normalized spacial score (nSPS) is 14.1. The molecule has 0 atom stereocenters. The number of fused-ring (bicyclic) bond motifs is 4. The number of rotatable bonds is 3. The maximum Gasteiger partial charge on any atom is 0.234 e. The molecule has 4 rings (SSSR count). The first kappa shape index (κ1) is 14.7. The molecule has 2 N–H and O–H groups in total. The van der Waals surface area contributed by atoms with E-state index in [1.807, 2.05) is 30.3 Å². The smallest absolute Gasteiger partial charge is 0.234 e. The highest BCUT2D eigenvalue weighted by molar-refractivity contribution is 6.53. The number of nitrogens with two attached hydrogens (primary N) is 1. The van der Waals surface area contributed by atoms with Crippen LogP contribution >= 0.6 is 0 Å². The van der Waals surface area contributed by atoms with E-state index < -0.39 is 11.6 Å². The summed E-state index contributed by atoms with van der Waals surface area (Å²) < 4.78 is 0. The summed E-state index contributed by atoms with van der Waals surface area (Å²) in [5.74, 6) is -0.930. The molecule has 0 unspecified atom stereocenters. The maximum absolute atomic E-state index is 12.7. The minimum Gasteiger partial charge on any atom is -0.330 e. The summed E-state index contributed by atoms with van der Waals surface area (Å²) >= 11 is 0. The van der Waals surface area contributed by atoms with Crippen molar-refractivity contribution >= 4 is 39.6 Å². The van der Waals surface area contributed by atoms with Crippen molar-refractivity contribution in [3.8, 4) is 0 Å². The van der Waals surface area contributed by atoms with E-state index in [0.717, 1.165) is 10.9 Å². The summed E-state index contributed by atoms with van der Waals surface area (Å²) in [5.41, 5.74) is 8.38. The molecule has 118 valence electrons. The molecule has 0 bridgehead atoms. The molecule has 0 aliphatic heterocycles. The molecule has 2 heterocycles. The van der Waals surface area contributed by atoms with Gasteiger partial charge in [0.25, 0.3) is 0 Å². The van der Waals surface area contributed by atoms with E-state index in [2.05, 4.69) is 9.97 Å². The van der Waals surface area contributed by atoms with Crippen LogP contribution in [-0.4, -0.2) is 28.1 Å². The number of allylic oxidation sites excluding steroid dienone is 1. The second-order valence-corrected chi connectivity index (χ2v) is 5.86. The molecule has 2 aromatic heterocycles. The molecule has 3 aromatic rings. The fraction of sp³-hybridized carbons (Fsp3) is 0.158. The van der Waals surface area contributed by atoms with Crippen molar-refractivity contribution in [2.24, 2.45) is 5.73 Å². The van der Waals surface area contributed by atoms with Crippen LogP contribution < -0.4 is 5.73 Å². The van der Waals surface area contributed by atoms with E-state index >= 15 is 0 Å². The van der Waals surface area contributed by atoms with Crippen LogP contribution in [0.3, 0.4) is 0 Å². The summed E-state index contributed by atoms with van der Waals surface area (Å²) in [6, 6.07) is 9.52. The first-order chi connectivity index (χ1) is 11.7. The lowest BCUT2D eigenvalue weighted by Gasteiger charge is -2.16. The third-order valence-electron chi connectivity index (χ3n) is 4.29. The molecule has 0 saturated carbocycles. The quantitative estimate of drug-likeness (QED) is 0.593. The minimum absolute atomic E-state index is 0.403. The zero-order valence-corrected chi connectivity index (χ0v) is 13.0. The van der Waals surface area contributed by atoms with Gasteiger partial charge in [-0.3, -0.25) is 9.59 Å². The summed E-state index contributed by atoms with van der Waals surface area (Å²) in [7, 11) is 0. The van der Waals surface area contributed by atoms with Gasteiger partial charge in [0.1, 0.15) is 0 Å². The van der Waals surface area contributed by atoms with E-state index in [9.17, 15) is 9.59 Å². The van der Waals surface area contributed by atoms with E-state index in [1.54, 1.807) is 12.3 Å². The maximum atomic E-state index is 12.7. The number of hydrogen-bond acceptors (Lipinski definition) is 5. The monoisotopic (exact) mass is 317 g/mol. The highest BCUT2D eigenvalue weighted by atomic mass is 16.2. The summed E-state index contributed by atoms with van der Waals surface area (Å²) in [6.07, 6.45) is 4.56. The Morgan fingerprint density at radius 2 is 1.92 bits per heavy atom. The Balaban J connectivity index is 1.97. The van der Waals surface area contributed by atoms with Crippen molar-refractivity contribution in [3.63, 3.8) is 0 Å². The van der Waals surface area contributed by atoms with Gasteiger partial charge in [0, 0.05) is 33.7 Å². The number of benzene rings is 1. The number of Topliss-reactive ketones (excluding diaryl/α,β-unsaturated/α-hetero) is 2. The van der Waals surface area contributed by atoms with Crippen LogP contribution in [0.1, 0.15) is 28.8 Å². The molecule has 0 amide bonds. The topological polar surface area (TPSA) is 85.9 Å². The number of nitrogens with zero attached hydrogens (tertiary/aromatic N) is 2. The Kier molecular flexibility index (Phi) is 3.43. The standard InChI is InChI=1S/C19H15N3O2/c20-7-3-5-12-8-13-10-21-19-14(16(13)18(24)17(12)23)9-11-4-1-2-6-15(11)22-19/h1-2,4,6,8-10H,3,5,7,20H2. The zero-order valence-electron chi connectivity index (χ0n) is 13.0. The third-order valence-corrected chi connectivity index (χ3v) is 4.29. The molecule has 1 aliphatic carbocycles. The highest BCUT2D eigenvalue weighted by Gasteiger charge is 2.29. The van der Waals surface area contributed by atoms with Gasteiger partial charge in [-0.05, 0) is 37.6 Å². The molecular formula is C19H15N3O2. The first-order valence-electron chi connectivity index (χ1n) is 7.87. The van der Waals surface area contributed by atoms with Crippen LogP contribution in [0.4, 0.5) is 0 Å². The molecule has 5 heteroatoms. The lowest BCUT2D eigenvalue weighted by atomic mass is 9.87. The Bertz CT molecular complexity index is 1040. The van der Waals surface area contributed by atoms with Crippen LogP contribution in [0, 0.1) is 0 Å². The fourth-order valence-electron chi connectivity index (χ4n) is 3.09. The van der Waals surface area contributed by atoms with Crippen LogP contribution in [-0.2, 0) is 4.79 Å². The van der Waals surface area contributed by atoms with Gasteiger partial charge in [0.15, 0.2) is 5.65 Å². The molecule has 0 fully saturated rings. The Morgan fingerprint density at radius 3 is 2.75 bits per heavy atom. The van der Waals surface area contributed by atoms with Gasteiger partial charge in [-0.15, -0.1) is 0 Å². The lowest BCUT2D eigenvalue weighted by molar-refractivity contribution is -0.112. The number of carbonyl (C=O) groups is 2. The third kappa shape index (κ3) is 2.21. The van der Waals surface area contributed by atoms with Crippen molar-refractivity contribution in [3.05, 3.63) is 53.2 Å². The number of carbonyl (C=O) groups excluding carboxylic acids is 2. The van der Waals surface area contributed by atoms with Gasteiger partial charge in [-0.1, -0.05) is 18.2 Å². The molecule has 0 radical (unpaired) electrons. The van der Waals surface area contributed by atoms with E-state index in [0.29, 0.717) is 47.1 Å². The minimum atomic E-state index is -0.482. The summed E-state index contributed by atoms with van der Waals surface area (Å²) in [6.45, 7) is 0.484. The van der Waals surface area contributed by atoms with Crippen molar-refractivity contribution in [2.75, 3.05) is 6.54 Å². The van der Waals surface area contributed by atoms with Crippen LogP contribution in [0.2, 0.25) is 0 Å². The Labute approximate surface area is 138 Å². The molecule has 0 saturated heterocycles. The van der Waals surface area contributed by atoms with Gasteiger partial charge in [-0.25, -0.2) is 9.97 Å². The van der Waals surface area contributed by atoms with Crippen molar-refractivity contribution < 1.29 is 9.59 Å². The second kappa shape index (κ2) is 5.62. The van der Waals surface area contributed by atoms with E-state index in [4.69, 9.17) is 5.73 Å². The van der Waals surface area contributed by atoms with Gasteiger partial charge in [0.05, 0.1) is 5.52 Å². The number of hydrogen-bond donors (Lipinski definition) is 1. The van der Waals surface area contributed by atoms with Crippen LogP contribution in [0.25, 0.3) is 28.0 Å². The number of ketones is 2. The van der Waals surface area contributed by atoms with Gasteiger partial charge < -0.3 is 5.73 Å². The molecular weight excluding hydrogens is 302 g/mol. The summed E-state index contributed by atoms with van der Waals surface area (Å²) in [5, 5.41) is 1.54. The molecule has 1 aromatic carbocycles. The molecule has 5 nitrogen and oxygen atoms in total. The van der Waals surface area contributed by atoms with Gasteiger partial charge >= 0.3 is 0 Å². The highest BCUT2D eigenvalue weighted by Crippen LogP contribution is 2.30. The second-order valence-electron chi connectivity index (χ2n) is 5.86. The predicted molar refractivity (Wildman–Crippen MR) is 92.6 cm³/mol.